The van der Waals surface area contributed by atoms with Gasteiger partial charge in [0.1, 0.15) is 24.2 Å². The van der Waals surface area contributed by atoms with Crippen LogP contribution in [0, 0.1) is 6.92 Å². The zero-order chi connectivity index (χ0) is 19.5. The Morgan fingerprint density at radius 2 is 1.79 bits per heavy atom. The number of hydrogen-bond donors (Lipinski definition) is 1. The molecule has 3 aromatic rings. The van der Waals surface area contributed by atoms with Crippen molar-refractivity contribution in [3.63, 3.8) is 0 Å². The molecule has 3 heterocycles. The van der Waals surface area contributed by atoms with Gasteiger partial charge in [0.25, 0.3) is 11.8 Å². The zero-order valence-corrected chi connectivity index (χ0v) is 15.5. The van der Waals surface area contributed by atoms with Crippen LogP contribution in [0.5, 0.6) is 0 Å². The van der Waals surface area contributed by atoms with Crippen molar-refractivity contribution in [3.8, 4) is 5.82 Å². The molecule has 0 aliphatic carbocycles. The lowest BCUT2D eigenvalue weighted by Crippen LogP contribution is -2.27. The van der Waals surface area contributed by atoms with Gasteiger partial charge in [-0.05, 0) is 55.7 Å². The summed E-state index contributed by atoms with van der Waals surface area (Å²) in [5.41, 5.74) is 2.40. The number of nitrogens with one attached hydrogen (secondary N) is 1. The number of carbonyl (C=O) groups excluding carboxylic acids is 2. The zero-order valence-electron chi connectivity index (χ0n) is 15.5. The number of pyridine rings is 1. The predicted octanol–water partition coefficient (Wildman–Crippen LogP) is 2.46. The SMILES string of the molecule is Cc1cc(C(=O)N2CCCC2)ccc1NC(=O)c1cccc(-n2cnnc2)n1. The lowest BCUT2D eigenvalue weighted by molar-refractivity contribution is 0.0792. The van der Waals surface area contributed by atoms with Gasteiger partial charge in [0.15, 0.2) is 0 Å². The highest BCUT2D eigenvalue weighted by Gasteiger charge is 2.20. The molecule has 0 spiro atoms. The van der Waals surface area contributed by atoms with E-state index in [1.54, 1.807) is 34.9 Å². The van der Waals surface area contributed by atoms with E-state index in [9.17, 15) is 9.59 Å². The first-order valence-electron chi connectivity index (χ1n) is 9.15. The van der Waals surface area contributed by atoms with Gasteiger partial charge < -0.3 is 10.2 Å². The van der Waals surface area contributed by atoms with Crippen LogP contribution in [0.2, 0.25) is 0 Å². The van der Waals surface area contributed by atoms with Gasteiger partial charge in [-0.3, -0.25) is 14.2 Å². The molecule has 1 aliphatic rings. The Balaban J connectivity index is 1.50. The molecule has 1 N–H and O–H groups in total. The second kappa shape index (κ2) is 7.59. The summed E-state index contributed by atoms with van der Waals surface area (Å²) in [5.74, 6) is 0.277. The van der Waals surface area contributed by atoms with Crippen LogP contribution >= 0.6 is 0 Å². The molecule has 0 atom stereocenters. The van der Waals surface area contributed by atoms with Gasteiger partial charge in [-0.15, -0.1) is 10.2 Å². The first-order valence-corrected chi connectivity index (χ1v) is 9.15. The molecule has 0 unspecified atom stereocenters. The van der Waals surface area contributed by atoms with Gasteiger partial charge in [-0.2, -0.15) is 0 Å². The maximum absolute atomic E-state index is 12.6. The van der Waals surface area contributed by atoms with E-state index < -0.39 is 0 Å². The van der Waals surface area contributed by atoms with Crippen LogP contribution in [0.3, 0.4) is 0 Å². The average Bonchev–Trinajstić information content (AvgIpc) is 3.43. The second-order valence-electron chi connectivity index (χ2n) is 6.73. The van der Waals surface area contributed by atoms with Crippen LogP contribution in [0.25, 0.3) is 5.82 Å². The molecule has 8 nitrogen and oxygen atoms in total. The minimum atomic E-state index is -0.323. The fourth-order valence-electron chi connectivity index (χ4n) is 3.24. The molecule has 28 heavy (non-hydrogen) atoms. The third-order valence-electron chi connectivity index (χ3n) is 4.77. The number of benzene rings is 1. The van der Waals surface area contributed by atoms with E-state index in [1.165, 1.54) is 12.7 Å². The number of nitrogens with zero attached hydrogens (tertiary/aromatic N) is 5. The summed E-state index contributed by atoms with van der Waals surface area (Å²) in [6, 6.07) is 10.5. The van der Waals surface area contributed by atoms with Crippen molar-refractivity contribution in [1.82, 2.24) is 24.6 Å². The maximum atomic E-state index is 12.6. The van der Waals surface area contributed by atoms with Gasteiger partial charge in [0.05, 0.1) is 0 Å². The predicted molar refractivity (Wildman–Crippen MR) is 103 cm³/mol. The third-order valence-corrected chi connectivity index (χ3v) is 4.77. The van der Waals surface area contributed by atoms with E-state index in [0.717, 1.165) is 31.5 Å². The van der Waals surface area contributed by atoms with Crippen LogP contribution in [0.1, 0.15) is 39.3 Å². The molecule has 1 aliphatic heterocycles. The van der Waals surface area contributed by atoms with Crippen molar-refractivity contribution >= 4 is 17.5 Å². The van der Waals surface area contributed by atoms with Gasteiger partial charge in [0.2, 0.25) is 0 Å². The van der Waals surface area contributed by atoms with Crippen molar-refractivity contribution in [3.05, 3.63) is 65.9 Å². The van der Waals surface area contributed by atoms with Gasteiger partial charge in [-0.1, -0.05) is 6.07 Å². The minimum Gasteiger partial charge on any atom is -0.339 e. The normalized spacial score (nSPS) is 13.5. The average molecular weight is 376 g/mol. The van der Waals surface area contributed by atoms with Crippen LogP contribution in [-0.2, 0) is 0 Å². The molecule has 1 aromatic carbocycles. The van der Waals surface area contributed by atoms with Crippen LogP contribution in [0.4, 0.5) is 5.69 Å². The van der Waals surface area contributed by atoms with Crippen molar-refractivity contribution in [2.24, 2.45) is 0 Å². The van der Waals surface area contributed by atoms with E-state index in [-0.39, 0.29) is 17.5 Å². The second-order valence-corrected chi connectivity index (χ2v) is 6.73. The molecule has 4 rings (SSSR count). The third kappa shape index (κ3) is 3.62. The number of rotatable bonds is 4. The van der Waals surface area contributed by atoms with E-state index in [0.29, 0.717) is 17.1 Å². The van der Waals surface area contributed by atoms with Crippen LogP contribution < -0.4 is 5.32 Å². The number of aromatic nitrogens is 4. The molecular weight excluding hydrogens is 356 g/mol. The number of anilines is 1. The van der Waals surface area contributed by atoms with Crippen LogP contribution in [-0.4, -0.2) is 49.6 Å². The Labute approximate surface area is 162 Å². The number of amides is 2. The maximum Gasteiger partial charge on any atom is 0.274 e. The van der Waals surface area contributed by atoms with Crippen molar-refractivity contribution in [2.75, 3.05) is 18.4 Å². The lowest BCUT2D eigenvalue weighted by atomic mass is 10.1. The molecule has 142 valence electrons. The summed E-state index contributed by atoms with van der Waals surface area (Å²) in [6.07, 6.45) is 5.15. The standard InChI is InChI=1S/C20H20N6O2/c1-14-11-15(20(28)25-9-2-3-10-25)7-8-16(14)24-19(27)17-5-4-6-18(23-17)26-12-21-22-13-26/h4-8,11-13H,2-3,9-10H2,1H3,(H,24,27). The number of carbonyl (C=O) groups is 2. The van der Waals surface area contributed by atoms with E-state index in [4.69, 9.17) is 0 Å². The summed E-state index contributed by atoms with van der Waals surface area (Å²) in [6.45, 7) is 3.49. The number of aryl methyl sites for hydroxylation is 1. The highest BCUT2D eigenvalue weighted by atomic mass is 16.2. The van der Waals surface area contributed by atoms with E-state index in [1.807, 2.05) is 17.9 Å². The quantitative estimate of drug-likeness (QED) is 0.755. The summed E-state index contributed by atoms with van der Waals surface area (Å²) in [5, 5.41) is 10.4. The summed E-state index contributed by atoms with van der Waals surface area (Å²) in [7, 11) is 0. The highest BCUT2D eigenvalue weighted by molar-refractivity contribution is 6.04. The molecule has 8 heteroatoms. The topological polar surface area (TPSA) is 93.0 Å². The molecule has 2 aromatic heterocycles. The molecule has 1 saturated heterocycles. The summed E-state index contributed by atoms with van der Waals surface area (Å²) in [4.78, 5) is 31.4. The Kier molecular flexibility index (Phi) is 4.84. The van der Waals surface area contributed by atoms with Gasteiger partial charge in [-0.25, -0.2) is 4.98 Å². The van der Waals surface area contributed by atoms with Crippen molar-refractivity contribution < 1.29 is 9.59 Å². The Morgan fingerprint density at radius 1 is 1.04 bits per heavy atom. The first kappa shape index (κ1) is 17.8. The Hall–Kier alpha value is -3.55. The van der Waals surface area contributed by atoms with Gasteiger partial charge >= 0.3 is 0 Å². The largest absolute Gasteiger partial charge is 0.339 e. The lowest BCUT2D eigenvalue weighted by Gasteiger charge is -2.16. The molecule has 0 bridgehead atoms. The summed E-state index contributed by atoms with van der Waals surface area (Å²) >= 11 is 0. The molecule has 0 saturated carbocycles. The van der Waals surface area contributed by atoms with Crippen molar-refractivity contribution in [1.29, 1.82) is 0 Å². The molecule has 1 fully saturated rings. The molecular formula is C20H20N6O2. The smallest absolute Gasteiger partial charge is 0.274 e. The number of likely N-dealkylation sites (tertiary alicyclic amines) is 1. The fourth-order valence-corrected chi connectivity index (χ4v) is 3.24. The molecule has 0 radical (unpaired) electrons. The highest BCUT2D eigenvalue weighted by Crippen LogP contribution is 2.20. The van der Waals surface area contributed by atoms with Crippen molar-refractivity contribution in [2.45, 2.75) is 19.8 Å². The number of hydrogen-bond acceptors (Lipinski definition) is 5. The molecule has 2 amide bonds. The van der Waals surface area contributed by atoms with E-state index >= 15 is 0 Å². The monoisotopic (exact) mass is 376 g/mol. The Bertz CT molecular complexity index is 1010. The van der Waals surface area contributed by atoms with E-state index in [2.05, 4.69) is 20.5 Å². The summed E-state index contributed by atoms with van der Waals surface area (Å²) < 4.78 is 1.63. The van der Waals surface area contributed by atoms with Gasteiger partial charge in [0, 0.05) is 24.3 Å². The minimum absolute atomic E-state index is 0.0433. The fraction of sp³-hybridized carbons (Fsp3) is 0.250. The Morgan fingerprint density at radius 3 is 2.50 bits per heavy atom. The first-order chi connectivity index (χ1) is 13.6. The van der Waals surface area contributed by atoms with Crippen LogP contribution in [0.15, 0.2) is 49.1 Å².